The lowest BCUT2D eigenvalue weighted by atomic mass is 10.2. The number of aromatic nitrogens is 5. The van der Waals surface area contributed by atoms with Crippen LogP contribution in [-0.2, 0) is 11.3 Å². The number of benzene rings is 1. The Bertz CT molecular complexity index is 1270. The second-order valence-electron chi connectivity index (χ2n) is 6.31. The van der Waals surface area contributed by atoms with Crippen LogP contribution in [0.15, 0.2) is 57.5 Å². The number of carbonyl (C=O) groups excluding carboxylic acids is 1. The number of nitrogens with zero attached hydrogens (tertiary/aromatic N) is 5. The monoisotopic (exact) mass is 410 g/mol. The van der Waals surface area contributed by atoms with Gasteiger partial charge in [-0.25, -0.2) is 0 Å². The van der Waals surface area contributed by atoms with Gasteiger partial charge in [0.05, 0.1) is 10.9 Å². The molecule has 1 N–H and O–H groups in total. The fourth-order valence-electron chi connectivity index (χ4n) is 2.99. The minimum Gasteiger partial charge on any atom is -0.360 e. The second-order valence-corrected chi connectivity index (χ2v) is 7.37. The van der Waals surface area contributed by atoms with Crippen molar-refractivity contribution in [2.24, 2.45) is 0 Å². The Morgan fingerprint density at radius 3 is 2.93 bits per heavy atom. The first kappa shape index (κ1) is 18.9. The number of allylic oxidation sites excluding steroid dienone is 1. The largest absolute Gasteiger partial charge is 0.360 e. The molecule has 3 heterocycles. The molecule has 0 fully saturated rings. The van der Waals surface area contributed by atoms with Gasteiger partial charge in [0.15, 0.2) is 11.0 Å². The number of para-hydroxylation sites is 1. The zero-order valence-corrected chi connectivity index (χ0v) is 16.5. The fraction of sp³-hybridized carbons (Fsp3) is 0.211. The van der Waals surface area contributed by atoms with Gasteiger partial charge in [-0.15, -0.1) is 16.8 Å². The third-order valence-electron chi connectivity index (χ3n) is 4.25. The van der Waals surface area contributed by atoms with Crippen LogP contribution in [-0.4, -0.2) is 36.0 Å². The number of amides is 1. The van der Waals surface area contributed by atoms with E-state index in [1.54, 1.807) is 25.1 Å². The van der Waals surface area contributed by atoms with E-state index in [1.165, 1.54) is 16.3 Å². The summed E-state index contributed by atoms with van der Waals surface area (Å²) in [6, 6.07) is 8.97. The summed E-state index contributed by atoms with van der Waals surface area (Å²) in [6.07, 6.45) is 1.91. The predicted octanol–water partition coefficient (Wildman–Crippen LogP) is 2.65. The zero-order valence-electron chi connectivity index (χ0n) is 15.7. The van der Waals surface area contributed by atoms with E-state index in [9.17, 15) is 9.59 Å². The maximum Gasteiger partial charge on any atom is 0.263 e. The van der Waals surface area contributed by atoms with Crippen molar-refractivity contribution < 1.29 is 9.32 Å². The van der Waals surface area contributed by atoms with Gasteiger partial charge < -0.3 is 9.84 Å². The number of nitrogens with one attached hydrogen (secondary N) is 1. The van der Waals surface area contributed by atoms with Crippen LogP contribution in [0, 0.1) is 6.92 Å². The van der Waals surface area contributed by atoms with E-state index in [0.29, 0.717) is 40.2 Å². The van der Waals surface area contributed by atoms with Crippen LogP contribution in [0.25, 0.3) is 16.7 Å². The molecular weight excluding hydrogens is 392 g/mol. The van der Waals surface area contributed by atoms with Crippen LogP contribution in [0.5, 0.6) is 0 Å². The number of hydrogen-bond acceptors (Lipinski definition) is 7. The number of fused-ring (bicyclic) bond motifs is 3. The van der Waals surface area contributed by atoms with Crippen molar-refractivity contribution in [3.8, 4) is 0 Å². The van der Waals surface area contributed by atoms with Gasteiger partial charge in [-0.2, -0.15) is 0 Å². The Kier molecular flexibility index (Phi) is 5.17. The van der Waals surface area contributed by atoms with Gasteiger partial charge in [-0.05, 0) is 19.1 Å². The molecule has 0 bridgehead atoms. The summed E-state index contributed by atoms with van der Waals surface area (Å²) >= 11 is 1.39. The molecular formula is C19H18N6O3S. The number of carbonyl (C=O) groups is 1. The highest BCUT2D eigenvalue weighted by atomic mass is 32.2. The van der Waals surface area contributed by atoms with Crippen LogP contribution in [0.3, 0.4) is 0 Å². The molecule has 0 saturated heterocycles. The highest BCUT2D eigenvalue weighted by Gasteiger charge is 2.16. The second kappa shape index (κ2) is 7.92. The van der Waals surface area contributed by atoms with Gasteiger partial charge in [0, 0.05) is 24.8 Å². The molecule has 10 heteroatoms. The molecule has 4 aromatic rings. The lowest BCUT2D eigenvalue weighted by Crippen LogP contribution is -2.22. The standard InChI is InChI=1S/C19H18N6O3S/c1-3-9-24-17(27)13-6-4-5-7-14(13)25-18(24)21-22-19(25)29-10-8-16(26)20-15-11-12(2)28-23-15/h3-7,11H,1,8-10H2,2H3,(H,20,23,26). The number of aryl methyl sites for hydroxylation is 1. The molecule has 4 rings (SSSR count). The van der Waals surface area contributed by atoms with Gasteiger partial charge in [0.25, 0.3) is 5.56 Å². The number of thioether (sulfide) groups is 1. The molecule has 0 aliphatic heterocycles. The van der Waals surface area contributed by atoms with E-state index in [0.717, 1.165) is 5.52 Å². The van der Waals surface area contributed by atoms with E-state index >= 15 is 0 Å². The summed E-state index contributed by atoms with van der Waals surface area (Å²) in [4.78, 5) is 24.9. The number of rotatable bonds is 7. The van der Waals surface area contributed by atoms with Crippen molar-refractivity contribution in [2.75, 3.05) is 11.1 Å². The third-order valence-corrected chi connectivity index (χ3v) is 5.18. The Balaban J connectivity index is 1.59. The Hall–Kier alpha value is -3.40. The molecule has 3 aromatic heterocycles. The lowest BCUT2D eigenvalue weighted by molar-refractivity contribution is -0.115. The summed E-state index contributed by atoms with van der Waals surface area (Å²) in [6.45, 7) is 5.80. The third kappa shape index (κ3) is 3.66. The smallest absolute Gasteiger partial charge is 0.263 e. The first-order chi connectivity index (χ1) is 14.1. The lowest BCUT2D eigenvalue weighted by Gasteiger charge is -2.09. The van der Waals surface area contributed by atoms with Crippen LogP contribution < -0.4 is 10.9 Å². The van der Waals surface area contributed by atoms with E-state index in [1.807, 2.05) is 22.6 Å². The molecule has 148 valence electrons. The normalized spacial score (nSPS) is 11.2. The highest BCUT2D eigenvalue weighted by molar-refractivity contribution is 7.99. The summed E-state index contributed by atoms with van der Waals surface area (Å²) in [5.41, 5.74) is 0.585. The topological polar surface area (TPSA) is 107 Å². The predicted molar refractivity (Wildman–Crippen MR) is 110 cm³/mol. The Morgan fingerprint density at radius 1 is 1.34 bits per heavy atom. The molecule has 0 atom stereocenters. The van der Waals surface area contributed by atoms with E-state index in [-0.39, 0.29) is 17.9 Å². The highest BCUT2D eigenvalue weighted by Crippen LogP contribution is 2.22. The average molecular weight is 410 g/mol. The molecule has 0 aliphatic rings. The molecule has 0 unspecified atom stereocenters. The van der Waals surface area contributed by atoms with Gasteiger partial charge in [-0.1, -0.05) is 35.1 Å². The van der Waals surface area contributed by atoms with Crippen molar-refractivity contribution >= 4 is 40.2 Å². The van der Waals surface area contributed by atoms with Gasteiger partial charge in [0.2, 0.25) is 11.7 Å². The van der Waals surface area contributed by atoms with Gasteiger partial charge in [0.1, 0.15) is 5.76 Å². The molecule has 0 aliphatic carbocycles. The van der Waals surface area contributed by atoms with Crippen LogP contribution in [0.4, 0.5) is 5.82 Å². The van der Waals surface area contributed by atoms with Crippen molar-refractivity contribution in [3.63, 3.8) is 0 Å². The minimum atomic E-state index is -0.173. The first-order valence-corrected chi connectivity index (χ1v) is 9.90. The Morgan fingerprint density at radius 2 is 2.17 bits per heavy atom. The summed E-state index contributed by atoms with van der Waals surface area (Å²) in [7, 11) is 0. The van der Waals surface area contributed by atoms with Crippen molar-refractivity contribution in [2.45, 2.75) is 25.0 Å². The summed E-state index contributed by atoms with van der Waals surface area (Å²) < 4.78 is 8.30. The summed E-state index contributed by atoms with van der Waals surface area (Å²) in [5, 5.41) is 16.0. The Labute approximate surface area is 169 Å². The minimum absolute atomic E-state index is 0.140. The maximum absolute atomic E-state index is 12.8. The molecule has 0 saturated carbocycles. The van der Waals surface area contributed by atoms with E-state index in [4.69, 9.17) is 4.52 Å². The molecule has 9 nitrogen and oxygen atoms in total. The van der Waals surface area contributed by atoms with Crippen molar-refractivity contribution in [3.05, 3.63) is 59.1 Å². The molecule has 1 aromatic carbocycles. The molecule has 29 heavy (non-hydrogen) atoms. The van der Waals surface area contributed by atoms with Gasteiger partial charge in [-0.3, -0.25) is 18.6 Å². The van der Waals surface area contributed by atoms with Crippen molar-refractivity contribution in [1.29, 1.82) is 0 Å². The fourth-order valence-corrected chi connectivity index (χ4v) is 3.86. The van der Waals surface area contributed by atoms with Crippen molar-refractivity contribution in [1.82, 2.24) is 24.3 Å². The molecule has 1 amide bonds. The molecule has 0 radical (unpaired) electrons. The van der Waals surface area contributed by atoms with Gasteiger partial charge >= 0.3 is 0 Å². The molecule has 0 spiro atoms. The maximum atomic E-state index is 12.8. The van der Waals surface area contributed by atoms with Crippen LogP contribution in [0.2, 0.25) is 0 Å². The van der Waals surface area contributed by atoms with E-state index in [2.05, 4.69) is 27.2 Å². The SMILES string of the molecule is C=CCn1c(=O)c2ccccc2n2c(SCCC(=O)Nc3cc(C)on3)nnc12. The van der Waals surface area contributed by atoms with Crippen LogP contribution in [0.1, 0.15) is 12.2 Å². The average Bonchev–Trinajstić information content (AvgIpc) is 3.31. The zero-order chi connectivity index (χ0) is 20.4. The summed E-state index contributed by atoms with van der Waals surface area (Å²) in [5.74, 6) is 1.77. The van der Waals surface area contributed by atoms with Crippen LogP contribution >= 0.6 is 11.8 Å². The quantitative estimate of drug-likeness (QED) is 0.369. The van der Waals surface area contributed by atoms with E-state index < -0.39 is 0 Å². The number of anilines is 1. The number of hydrogen-bond donors (Lipinski definition) is 1. The first-order valence-electron chi connectivity index (χ1n) is 8.92.